The molecule has 1 amide bonds. The van der Waals surface area contributed by atoms with Gasteiger partial charge in [-0.05, 0) is 33.6 Å². The number of esters is 1. The minimum atomic E-state index is -0.463. The summed E-state index contributed by atoms with van der Waals surface area (Å²) in [7, 11) is 1.76. The Bertz CT molecular complexity index is 534. The Balaban J connectivity index is 2.20. The van der Waals surface area contributed by atoms with Crippen molar-refractivity contribution in [2.24, 2.45) is 0 Å². The Morgan fingerprint density at radius 3 is 2.62 bits per heavy atom. The molecule has 0 N–H and O–H groups in total. The van der Waals surface area contributed by atoms with E-state index in [0.29, 0.717) is 6.61 Å². The minimum absolute atomic E-state index is 0.0489. The number of rotatable bonds is 6. The van der Waals surface area contributed by atoms with Crippen LogP contribution >= 0.6 is 0 Å². The summed E-state index contributed by atoms with van der Waals surface area (Å²) in [5.74, 6) is -0.251. The molecule has 0 aromatic carbocycles. The van der Waals surface area contributed by atoms with Crippen molar-refractivity contribution in [1.82, 2.24) is 19.9 Å². The molecular weight excluding hydrogens is 272 g/mol. The van der Waals surface area contributed by atoms with Gasteiger partial charge in [-0.25, -0.2) is 9.48 Å². The van der Waals surface area contributed by atoms with Crippen molar-refractivity contribution in [3.8, 4) is 0 Å². The molecule has 1 aliphatic rings. The second-order valence-electron chi connectivity index (χ2n) is 5.57. The molecule has 7 heteroatoms. The van der Waals surface area contributed by atoms with E-state index in [9.17, 15) is 9.59 Å². The third-order valence-electron chi connectivity index (χ3n) is 3.66. The average molecular weight is 294 g/mol. The number of hydrogen-bond donors (Lipinski definition) is 0. The summed E-state index contributed by atoms with van der Waals surface area (Å²) in [5, 5.41) is 7.90. The average Bonchev–Trinajstić information content (AvgIpc) is 3.19. The Kier molecular flexibility index (Phi) is 4.59. The second-order valence-corrected chi connectivity index (χ2v) is 5.57. The van der Waals surface area contributed by atoms with Gasteiger partial charge in [0, 0.05) is 19.0 Å². The van der Waals surface area contributed by atoms with Crippen LogP contribution in [-0.4, -0.2) is 51.5 Å². The second kappa shape index (κ2) is 6.24. The van der Waals surface area contributed by atoms with Crippen LogP contribution in [0.4, 0.5) is 0 Å². The van der Waals surface area contributed by atoms with Gasteiger partial charge >= 0.3 is 5.97 Å². The largest absolute Gasteiger partial charge is 0.461 e. The van der Waals surface area contributed by atoms with E-state index in [4.69, 9.17) is 4.74 Å². The molecule has 1 heterocycles. The van der Waals surface area contributed by atoms with Gasteiger partial charge < -0.3 is 9.64 Å². The number of carbonyl (C=O) groups excluding carboxylic acids is 2. The molecule has 0 saturated heterocycles. The molecule has 1 aromatic heterocycles. The van der Waals surface area contributed by atoms with E-state index in [1.807, 2.05) is 13.8 Å². The highest BCUT2D eigenvalue weighted by molar-refractivity contribution is 5.89. The summed E-state index contributed by atoms with van der Waals surface area (Å²) in [6.45, 7) is 6.05. The van der Waals surface area contributed by atoms with Crippen molar-refractivity contribution >= 4 is 11.9 Å². The minimum Gasteiger partial charge on any atom is -0.461 e. The fraction of sp³-hybridized carbons (Fsp3) is 0.714. The predicted molar refractivity (Wildman–Crippen MR) is 75.9 cm³/mol. The fourth-order valence-electron chi connectivity index (χ4n) is 2.07. The molecule has 0 aliphatic heterocycles. The summed E-state index contributed by atoms with van der Waals surface area (Å²) in [5.41, 5.74) is 0.985. The number of carbonyl (C=O) groups is 2. The first-order chi connectivity index (χ1) is 9.95. The first kappa shape index (κ1) is 15.5. The lowest BCUT2D eigenvalue weighted by atomic mass is 10.2. The maximum absolute atomic E-state index is 12.2. The van der Waals surface area contributed by atoms with Crippen LogP contribution < -0.4 is 0 Å². The zero-order chi connectivity index (χ0) is 15.6. The van der Waals surface area contributed by atoms with Crippen molar-refractivity contribution < 1.29 is 14.3 Å². The van der Waals surface area contributed by atoms with E-state index in [-0.39, 0.29) is 30.1 Å². The van der Waals surface area contributed by atoms with Crippen LogP contribution in [-0.2, 0) is 16.1 Å². The highest BCUT2D eigenvalue weighted by Gasteiger charge is 2.35. The smallest absolute Gasteiger partial charge is 0.360 e. The number of aromatic nitrogens is 3. The molecule has 0 radical (unpaired) electrons. The molecule has 1 aliphatic carbocycles. The van der Waals surface area contributed by atoms with E-state index in [2.05, 4.69) is 10.3 Å². The van der Waals surface area contributed by atoms with E-state index >= 15 is 0 Å². The summed E-state index contributed by atoms with van der Waals surface area (Å²) in [6.07, 6.45) is 1.99. The van der Waals surface area contributed by atoms with E-state index in [1.165, 1.54) is 0 Å². The number of hydrogen-bond acceptors (Lipinski definition) is 5. The van der Waals surface area contributed by atoms with Gasteiger partial charge in [0.1, 0.15) is 6.54 Å². The molecule has 21 heavy (non-hydrogen) atoms. The van der Waals surface area contributed by atoms with Crippen LogP contribution in [0.5, 0.6) is 0 Å². The van der Waals surface area contributed by atoms with Crippen molar-refractivity contribution in [3.63, 3.8) is 0 Å². The molecule has 7 nitrogen and oxygen atoms in total. The Morgan fingerprint density at radius 2 is 2.10 bits per heavy atom. The third-order valence-corrected chi connectivity index (χ3v) is 3.66. The van der Waals surface area contributed by atoms with Crippen molar-refractivity contribution in [3.05, 3.63) is 11.4 Å². The first-order valence-electron chi connectivity index (χ1n) is 7.31. The number of ether oxygens (including phenoxy) is 1. The summed E-state index contributed by atoms with van der Waals surface area (Å²) >= 11 is 0. The molecule has 116 valence electrons. The number of amides is 1. The van der Waals surface area contributed by atoms with Crippen molar-refractivity contribution in [2.45, 2.75) is 52.1 Å². The monoisotopic (exact) mass is 294 g/mol. The van der Waals surface area contributed by atoms with Gasteiger partial charge in [-0.3, -0.25) is 4.79 Å². The predicted octanol–water partition coefficient (Wildman–Crippen LogP) is 1.20. The lowest BCUT2D eigenvalue weighted by Crippen LogP contribution is -2.36. The molecule has 1 aromatic rings. The normalized spacial score (nSPS) is 14.3. The van der Waals surface area contributed by atoms with Crippen LogP contribution in [0.2, 0.25) is 0 Å². The lowest BCUT2D eigenvalue weighted by Gasteiger charge is -2.21. The van der Waals surface area contributed by atoms with Gasteiger partial charge in [0.15, 0.2) is 5.69 Å². The maximum Gasteiger partial charge on any atom is 0.360 e. The zero-order valence-electron chi connectivity index (χ0n) is 13.0. The van der Waals surface area contributed by atoms with Crippen LogP contribution in [0, 0.1) is 0 Å². The Labute approximate surface area is 124 Å². The van der Waals surface area contributed by atoms with E-state index < -0.39 is 5.97 Å². The number of nitrogens with zero attached hydrogens (tertiary/aromatic N) is 4. The Hall–Kier alpha value is -1.92. The Morgan fingerprint density at radius 1 is 1.43 bits per heavy atom. The molecule has 1 fully saturated rings. The van der Waals surface area contributed by atoms with Gasteiger partial charge in [-0.2, -0.15) is 0 Å². The topological polar surface area (TPSA) is 77.3 Å². The van der Waals surface area contributed by atoms with Crippen LogP contribution in [0.3, 0.4) is 0 Å². The van der Waals surface area contributed by atoms with Crippen LogP contribution in [0.15, 0.2) is 0 Å². The first-order valence-corrected chi connectivity index (χ1v) is 7.31. The highest BCUT2D eigenvalue weighted by Crippen LogP contribution is 2.41. The van der Waals surface area contributed by atoms with E-state index in [0.717, 1.165) is 18.5 Å². The van der Waals surface area contributed by atoms with Gasteiger partial charge in [0.05, 0.1) is 12.3 Å². The molecule has 0 spiro atoms. The summed E-state index contributed by atoms with van der Waals surface area (Å²) < 4.78 is 6.55. The molecule has 1 saturated carbocycles. The van der Waals surface area contributed by atoms with Crippen LogP contribution in [0.25, 0.3) is 0 Å². The molecule has 0 unspecified atom stereocenters. The summed E-state index contributed by atoms with van der Waals surface area (Å²) in [6, 6.07) is 0.120. The highest BCUT2D eigenvalue weighted by atomic mass is 16.5. The zero-order valence-corrected chi connectivity index (χ0v) is 13.0. The standard InChI is InChI=1S/C14H22N4O3/c1-5-21-14(20)12-13(10-6-7-10)18(16-15-12)8-11(19)17(4)9(2)3/h9-10H,5-8H2,1-4H3. The quantitative estimate of drug-likeness (QED) is 0.737. The van der Waals surface area contributed by atoms with E-state index in [1.54, 1.807) is 23.6 Å². The SMILES string of the molecule is CCOC(=O)c1nnn(CC(=O)N(C)C(C)C)c1C1CC1. The van der Waals surface area contributed by atoms with Crippen LogP contribution in [0.1, 0.15) is 55.7 Å². The number of likely N-dealkylation sites (N-methyl/N-ethyl adjacent to an activating group) is 1. The maximum atomic E-state index is 12.2. The lowest BCUT2D eigenvalue weighted by molar-refractivity contribution is -0.132. The molecule has 0 atom stereocenters. The van der Waals surface area contributed by atoms with Gasteiger partial charge in [-0.1, -0.05) is 5.21 Å². The van der Waals surface area contributed by atoms with Gasteiger partial charge in [0.25, 0.3) is 0 Å². The van der Waals surface area contributed by atoms with Crippen molar-refractivity contribution in [1.29, 1.82) is 0 Å². The molecule has 2 rings (SSSR count). The molecule has 0 bridgehead atoms. The summed E-state index contributed by atoms with van der Waals surface area (Å²) in [4.78, 5) is 25.7. The van der Waals surface area contributed by atoms with Crippen molar-refractivity contribution in [2.75, 3.05) is 13.7 Å². The van der Waals surface area contributed by atoms with Gasteiger partial charge in [-0.15, -0.1) is 5.10 Å². The van der Waals surface area contributed by atoms with Gasteiger partial charge in [0.2, 0.25) is 5.91 Å². The fourth-order valence-corrected chi connectivity index (χ4v) is 2.07. The molecular formula is C14H22N4O3. The third kappa shape index (κ3) is 3.40.